The van der Waals surface area contributed by atoms with Gasteiger partial charge in [-0.25, -0.2) is 4.79 Å². The second kappa shape index (κ2) is 10.5. The van der Waals surface area contributed by atoms with E-state index in [1.165, 1.54) is 6.42 Å². The number of hydrogen-bond acceptors (Lipinski definition) is 3. The van der Waals surface area contributed by atoms with Crippen molar-refractivity contribution in [2.24, 2.45) is 0 Å². The van der Waals surface area contributed by atoms with Gasteiger partial charge in [-0.3, -0.25) is 9.59 Å². The number of nitrogens with zero attached hydrogens (tertiary/aromatic N) is 2. The fourth-order valence-corrected chi connectivity index (χ4v) is 3.98. The summed E-state index contributed by atoms with van der Waals surface area (Å²) in [6.07, 6.45) is 5.90. The lowest BCUT2D eigenvalue weighted by molar-refractivity contribution is -0.132. The van der Waals surface area contributed by atoms with Gasteiger partial charge in [0.2, 0.25) is 5.91 Å². The highest BCUT2D eigenvalue weighted by atomic mass is 35.5. The minimum atomic E-state index is -0.192. The molecule has 3 rings (SSSR count). The van der Waals surface area contributed by atoms with Gasteiger partial charge >= 0.3 is 6.03 Å². The van der Waals surface area contributed by atoms with E-state index in [9.17, 15) is 14.4 Å². The van der Waals surface area contributed by atoms with Gasteiger partial charge in [0.25, 0.3) is 5.91 Å². The van der Waals surface area contributed by atoms with E-state index in [4.69, 9.17) is 11.6 Å². The SMILES string of the molecule is O=C(NCCC(=O)N1CCN(C(=O)c2ccc(Cl)cc2)CC1)NC1CCCCC1. The van der Waals surface area contributed by atoms with Crippen LogP contribution in [0.1, 0.15) is 48.9 Å². The fraction of sp³-hybridized carbons (Fsp3) is 0.571. The Morgan fingerprint density at radius 2 is 1.55 bits per heavy atom. The summed E-state index contributed by atoms with van der Waals surface area (Å²) in [5, 5.41) is 6.36. The lowest BCUT2D eigenvalue weighted by Crippen LogP contribution is -2.51. The normalized spacial score (nSPS) is 17.7. The topological polar surface area (TPSA) is 81.8 Å². The average molecular weight is 421 g/mol. The van der Waals surface area contributed by atoms with Crippen LogP contribution in [0.5, 0.6) is 0 Å². The Bertz CT molecular complexity index is 711. The zero-order chi connectivity index (χ0) is 20.6. The Labute approximate surface area is 176 Å². The second-order valence-electron chi connectivity index (χ2n) is 7.67. The summed E-state index contributed by atoms with van der Waals surface area (Å²) in [5.41, 5.74) is 0.599. The molecule has 0 unspecified atom stereocenters. The third-order valence-corrected chi connectivity index (χ3v) is 5.83. The molecule has 1 heterocycles. The molecular formula is C21H29ClN4O3. The van der Waals surface area contributed by atoms with Gasteiger partial charge in [0.15, 0.2) is 0 Å². The van der Waals surface area contributed by atoms with Gasteiger partial charge in [-0.05, 0) is 37.1 Å². The summed E-state index contributed by atoms with van der Waals surface area (Å²) >= 11 is 5.87. The van der Waals surface area contributed by atoms with Crippen LogP contribution < -0.4 is 10.6 Å². The first-order valence-electron chi connectivity index (χ1n) is 10.4. The molecule has 29 heavy (non-hydrogen) atoms. The van der Waals surface area contributed by atoms with E-state index in [-0.39, 0.29) is 30.3 Å². The molecule has 0 spiro atoms. The molecule has 1 saturated heterocycles. The van der Waals surface area contributed by atoms with Crippen molar-refractivity contribution in [2.45, 2.75) is 44.6 Å². The Kier molecular flexibility index (Phi) is 7.75. The molecule has 0 aromatic heterocycles. The van der Waals surface area contributed by atoms with E-state index in [0.29, 0.717) is 43.3 Å². The Hall–Kier alpha value is -2.28. The highest BCUT2D eigenvalue weighted by Gasteiger charge is 2.24. The predicted molar refractivity (Wildman–Crippen MR) is 112 cm³/mol. The van der Waals surface area contributed by atoms with E-state index < -0.39 is 0 Å². The predicted octanol–water partition coefficient (Wildman–Crippen LogP) is 2.65. The zero-order valence-electron chi connectivity index (χ0n) is 16.7. The molecule has 1 aromatic carbocycles. The van der Waals surface area contributed by atoms with E-state index in [1.54, 1.807) is 34.1 Å². The number of halogens is 1. The summed E-state index contributed by atoms with van der Waals surface area (Å²) < 4.78 is 0. The molecule has 0 radical (unpaired) electrons. The number of rotatable bonds is 5. The maximum absolute atomic E-state index is 12.5. The van der Waals surface area contributed by atoms with Crippen molar-refractivity contribution >= 4 is 29.4 Å². The van der Waals surface area contributed by atoms with E-state index in [0.717, 1.165) is 25.7 Å². The summed E-state index contributed by atoms with van der Waals surface area (Å²) in [7, 11) is 0. The van der Waals surface area contributed by atoms with Crippen molar-refractivity contribution in [3.05, 3.63) is 34.9 Å². The van der Waals surface area contributed by atoms with E-state index in [2.05, 4.69) is 10.6 Å². The van der Waals surface area contributed by atoms with Crippen LogP contribution in [-0.2, 0) is 4.79 Å². The van der Waals surface area contributed by atoms with Crippen LogP contribution in [0.15, 0.2) is 24.3 Å². The van der Waals surface area contributed by atoms with Crippen molar-refractivity contribution in [2.75, 3.05) is 32.7 Å². The van der Waals surface area contributed by atoms with Crippen LogP contribution in [0.3, 0.4) is 0 Å². The van der Waals surface area contributed by atoms with Crippen LogP contribution in [-0.4, -0.2) is 66.4 Å². The lowest BCUT2D eigenvalue weighted by Gasteiger charge is -2.35. The van der Waals surface area contributed by atoms with Crippen molar-refractivity contribution in [3.63, 3.8) is 0 Å². The van der Waals surface area contributed by atoms with Gasteiger partial charge in [-0.1, -0.05) is 30.9 Å². The zero-order valence-corrected chi connectivity index (χ0v) is 17.4. The first-order valence-corrected chi connectivity index (χ1v) is 10.8. The largest absolute Gasteiger partial charge is 0.339 e. The van der Waals surface area contributed by atoms with Gasteiger partial charge in [-0.15, -0.1) is 0 Å². The summed E-state index contributed by atoms with van der Waals surface area (Å²) in [6, 6.07) is 6.89. The molecular weight excluding hydrogens is 392 g/mol. The van der Waals surface area contributed by atoms with Crippen LogP contribution >= 0.6 is 11.6 Å². The molecule has 4 amide bonds. The van der Waals surface area contributed by atoms with Crippen LogP contribution in [0.4, 0.5) is 4.79 Å². The van der Waals surface area contributed by atoms with Crippen LogP contribution in [0.2, 0.25) is 5.02 Å². The monoisotopic (exact) mass is 420 g/mol. The number of hydrogen-bond donors (Lipinski definition) is 2. The summed E-state index contributed by atoms with van der Waals surface area (Å²) in [5.74, 6) is -0.0450. The molecule has 1 aromatic rings. The Morgan fingerprint density at radius 3 is 2.21 bits per heavy atom. The average Bonchev–Trinajstić information content (AvgIpc) is 2.74. The Balaban J connectivity index is 1.34. The molecule has 0 atom stereocenters. The van der Waals surface area contributed by atoms with Crippen LogP contribution in [0, 0.1) is 0 Å². The molecule has 1 aliphatic heterocycles. The number of urea groups is 1. The molecule has 7 nitrogen and oxygen atoms in total. The fourth-order valence-electron chi connectivity index (χ4n) is 3.86. The molecule has 1 aliphatic carbocycles. The minimum Gasteiger partial charge on any atom is -0.339 e. The summed E-state index contributed by atoms with van der Waals surface area (Å²) in [6.45, 7) is 2.34. The quantitative estimate of drug-likeness (QED) is 0.768. The molecule has 1 saturated carbocycles. The van der Waals surface area contributed by atoms with Gasteiger partial charge in [0, 0.05) is 55.8 Å². The highest BCUT2D eigenvalue weighted by Crippen LogP contribution is 2.17. The van der Waals surface area contributed by atoms with Gasteiger partial charge in [0.1, 0.15) is 0 Å². The minimum absolute atomic E-state index is 0.00144. The van der Waals surface area contributed by atoms with Crippen molar-refractivity contribution in [1.29, 1.82) is 0 Å². The molecule has 8 heteroatoms. The molecule has 2 N–H and O–H groups in total. The van der Waals surface area contributed by atoms with Crippen molar-refractivity contribution in [1.82, 2.24) is 20.4 Å². The first-order chi connectivity index (χ1) is 14.0. The lowest BCUT2D eigenvalue weighted by atomic mass is 9.96. The number of amides is 4. The van der Waals surface area contributed by atoms with Gasteiger partial charge < -0.3 is 20.4 Å². The van der Waals surface area contributed by atoms with E-state index >= 15 is 0 Å². The van der Waals surface area contributed by atoms with Gasteiger partial charge in [-0.2, -0.15) is 0 Å². The standard InChI is InChI=1S/C21H29ClN4O3/c22-17-8-6-16(7-9-17)20(28)26-14-12-25(13-15-26)19(27)10-11-23-21(29)24-18-4-2-1-3-5-18/h6-9,18H,1-5,10-15H2,(H2,23,24,29). The number of carbonyl (C=O) groups excluding carboxylic acids is 3. The van der Waals surface area contributed by atoms with Crippen LogP contribution in [0.25, 0.3) is 0 Å². The van der Waals surface area contributed by atoms with Gasteiger partial charge in [0.05, 0.1) is 0 Å². The number of benzene rings is 1. The van der Waals surface area contributed by atoms with E-state index in [1.807, 2.05) is 0 Å². The smallest absolute Gasteiger partial charge is 0.315 e. The Morgan fingerprint density at radius 1 is 0.931 bits per heavy atom. The third-order valence-electron chi connectivity index (χ3n) is 5.58. The number of piperazine rings is 1. The van der Waals surface area contributed by atoms with Crippen molar-refractivity contribution in [3.8, 4) is 0 Å². The first kappa shape index (κ1) is 21.4. The second-order valence-corrected chi connectivity index (χ2v) is 8.10. The maximum Gasteiger partial charge on any atom is 0.315 e. The molecule has 158 valence electrons. The molecule has 2 aliphatic rings. The number of carbonyl (C=O) groups is 3. The summed E-state index contributed by atoms with van der Waals surface area (Å²) in [4.78, 5) is 40.4. The highest BCUT2D eigenvalue weighted by molar-refractivity contribution is 6.30. The van der Waals surface area contributed by atoms with Crippen molar-refractivity contribution < 1.29 is 14.4 Å². The molecule has 2 fully saturated rings. The molecule has 0 bridgehead atoms. The number of nitrogens with one attached hydrogen (secondary N) is 2. The third kappa shape index (κ3) is 6.35. The maximum atomic E-state index is 12.5.